The van der Waals surface area contributed by atoms with E-state index in [4.69, 9.17) is 19.9 Å². The molecule has 3 atom stereocenters. The van der Waals surface area contributed by atoms with Crippen molar-refractivity contribution in [3.63, 3.8) is 0 Å². The summed E-state index contributed by atoms with van der Waals surface area (Å²) in [5.74, 6) is 0. The Hall–Kier alpha value is -0.850. The van der Waals surface area contributed by atoms with Crippen LogP contribution in [0.2, 0.25) is 0 Å². The van der Waals surface area contributed by atoms with Gasteiger partial charge in [-0.25, -0.2) is 4.79 Å². The van der Waals surface area contributed by atoms with Gasteiger partial charge in [0.15, 0.2) is 0 Å². The standard InChI is InChI=1S/C12H24N2O4/c1-4-17-12(15)14-6-5-10(13)11(7-14)18-8-9(2)16-3/h9-11H,4-8,13H2,1-3H3. The number of amides is 1. The van der Waals surface area contributed by atoms with Crippen LogP contribution in [0.4, 0.5) is 4.79 Å². The number of ether oxygens (including phenoxy) is 3. The maximum atomic E-state index is 11.6. The first-order chi connectivity index (χ1) is 8.58. The zero-order chi connectivity index (χ0) is 13.5. The molecule has 0 radical (unpaired) electrons. The van der Waals surface area contributed by atoms with Crippen LogP contribution in [0.1, 0.15) is 20.3 Å². The van der Waals surface area contributed by atoms with Crippen molar-refractivity contribution in [3.8, 4) is 0 Å². The predicted octanol–water partition coefficient (Wildman–Crippen LogP) is 0.596. The van der Waals surface area contributed by atoms with Gasteiger partial charge in [-0.15, -0.1) is 0 Å². The van der Waals surface area contributed by atoms with E-state index in [1.165, 1.54) is 0 Å². The van der Waals surface area contributed by atoms with Gasteiger partial charge in [-0.1, -0.05) is 0 Å². The number of piperidine rings is 1. The summed E-state index contributed by atoms with van der Waals surface area (Å²) in [6.07, 6.45) is 0.305. The van der Waals surface area contributed by atoms with Crippen LogP contribution in [0.3, 0.4) is 0 Å². The van der Waals surface area contributed by atoms with Crippen molar-refractivity contribution in [3.05, 3.63) is 0 Å². The predicted molar refractivity (Wildman–Crippen MR) is 67.4 cm³/mol. The number of likely N-dealkylation sites (tertiary alicyclic amines) is 1. The van der Waals surface area contributed by atoms with Crippen molar-refractivity contribution < 1.29 is 19.0 Å². The summed E-state index contributed by atoms with van der Waals surface area (Å²) in [5, 5.41) is 0. The first-order valence-electron chi connectivity index (χ1n) is 6.40. The number of rotatable bonds is 5. The average molecular weight is 260 g/mol. The van der Waals surface area contributed by atoms with Gasteiger partial charge in [0, 0.05) is 19.7 Å². The van der Waals surface area contributed by atoms with Crippen molar-refractivity contribution in [2.45, 2.75) is 38.5 Å². The molecule has 0 aromatic carbocycles. The molecule has 106 valence electrons. The van der Waals surface area contributed by atoms with E-state index in [1.54, 1.807) is 18.9 Å². The number of hydrogen-bond donors (Lipinski definition) is 1. The molecule has 1 saturated heterocycles. The lowest BCUT2D eigenvalue weighted by Crippen LogP contribution is -2.54. The molecule has 1 aliphatic rings. The lowest BCUT2D eigenvalue weighted by Gasteiger charge is -2.36. The third kappa shape index (κ3) is 4.44. The minimum Gasteiger partial charge on any atom is -0.450 e. The fraction of sp³-hybridized carbons (Fsp3) is 0.917. The SMILES string of the molecule is CCOC(=O)N1CCC(N)C(OCC(C)OC)C1. The monoisotopic (exact) mass is 260 g/mol. The summed E-state index contributed by atoms with van der Waals surface area (Å²) in [6, 6.07) is -0.0419. The van der Waals surface area contributed by atoms with Crippen molar-refractivity contribution >= 4 is 6.09 Å². The molecular formula is C12H24N2O4. The highest BCUT2D eigenvalue weighted by atomic mass is 16.6. The van der Waals surface area contributed by atoms with Gasteiger partial charge in [0.05, 0.1) is 32.0 Å². The second kappa shape index (κ2) is 7.56. The minimum atomic E-state index is -0.294. The van der Waals surface area contributed by atoms with E-state index in [-0.39, 0.29) is 24.3 Å². The Morgan fingerprint density at radius 2 is 2.28 bits per heavy atom. The molecule has 1 aliphatic heterocycles. The maximum Gasteiger partial charge on any atom is 0.409 e. The Bertz CT molecular complexity index is 262. The van der Waals surface area contributed by atoms with Crippen molar-refractivity contribution in [1.82, 2.24) is 4.90 Å². The molecule has 1 fully saturated rings. The van der Waals surface area contributed by atoms with Crippen LogP contribution in [0, 0.1) is 0 Å². The van der Waals surface area contributed by atoms with Gasteiger partial charge in [0.25, 0.3) is 0 Å². The summed E-state index contributed by atoms with van der Waals surface area (Å²) in [7, 11) is 1.64. The zero-order valence-corrected chi connectivity index (χ0v) is 11.4. The van der Waals surface area contributed by atoms with Crippen LogP contribution in [0.5, 0.6) is 0 Å². The number of nitrogens with two attached hydrogens (primary N) is 1. The lowest BCUT2D eigenvalue weighted by molar-refractivity contribution is -0.0522. The molecule has 0 aromatic heterocycles. The summed E-state index contributed by atoms with van der Waals surface area (Å²) in [4.78, 5) is 13.3. The van der Waals surface area contributed by atoms with Crippen molar-refractivity contribution in [1.29, 1.82) is 0 Å². The molecule has 6 nitrogen and oxygen atoms in total. The second-order valence-corrected chi connectivity index (χ2v) is 4.52. The van der Waals surface area contributed by atoms with Gasteiger partial charge >= 0.3 is 6.09 Å². The quantitative estimate of drug-likeness (QED) is 0.783. The smallest absolute Gasteiger partial charge is 0.409 e. The fourth-order valence-electron chi connectivity index (χ4n) is 1.82. The Kier molecular flexibility index (Phi) is 6.38. The van der Waals surface area contributed by atoms with Crippen molar-refractivity contribution in [2.75, 3.05) is 33.4 Å². The fourth-order valence-corrected chi connectivity index (χ4v) is 1.82. The highest BCUT2D eigenvalue weighted by Crippen LogP contribution is 2.14. The van der Waals surface area contributed by atoms with E-state index in [9.17, 15) is 4.79 Å². The van der Waals surface area contributed by atoms with E-state index in [1.807, 2.05) is 6.92 Å². The molecule has 0 aliphatic carbocycles. The van der Waals surface area contributed by atoms with Crippen LogP contribution in [-0.4, -0.2) is 62.7 Å². The van der Waals surface area contributed by atoms with Gasteiger partial charge in [0.2, 0.25) is 0 Å². The topological polar surface area (TPSA) is 74.0 Å². The van der Waals surface area contributed by atoms with Gasteiger partial charge in [-0.3, -0.25) is 0 Å². The molecule has 0 bridgehead atoms. The summed E-state index contributed by atoms with van der Waals surface area (Å²) < 4.78 is 15.8. The van der Waals surface area contributed by atoms with E-state index in [2.05, 4.69) is 0 Å². The minimum absolute atomic E-state index is 0.0233. The Morgan fingerprint density at radius 3 is 2.89 bits per heavy atom. The van der Waals surface area contributed by atoms with Crippen LogP contribution in [0.25, 0.3) is 0 Å². The van der Waals surface area contributed by atoms with E-state index in [0.717, 1.165) is 6.42 Å². The summed E-state index contributed by atoms with van der Waals surface area (Å²) in [6.45, 7) is 5.69. The molecule has 1 amide bonds. The highest BCUT2D eigenvalue weighted by molar-refractivity contribution is 5.67. The number of carbonyl (C=O) groups is 1. The summed E-state index contributed by atoms with van der Waals surface area (Å²) in [5.41, 5.74) is 6.00. The zero-order valence-electron chi connectivity index (χ0n) is 11.4. The van der Waals surface area contributed by atoms with Gasteiger partial charge in [-0.05, 0) is 20.3 Å². The molecular weight excluding hydrogens is 236 g/mol. The van der Waals surface area contributed by atoms with Crippen LogP contribution in [-0.2, 0) is 14.2 Å². The Labute approximate surface area is 108 Å². The lowest BCUT2D eigenvalue weighted by atomic mass is 10.0. The molecule has 0 aromatic rings. The van der Waals surface area contributed by atoms with Gasteiger partial charge < -0.3 is 24.8 Å². The number of methoxy groups -OCH3 is 1. The molecule has 1 heterocycles. The second-order valence-electron chi connectivity index (χ2n) is 4.52. The normalized spacial score (nSPS) is 25.9. The third-order valence-corrected chi connectivity index (χ3v) is 3.08. The molecule has 18 heavy (non-hydrogen) atoms. The molecule has 6 heteroatoms. The van der Waals surface area contributed by atoms with Crippen LogP contribution >= 0.6 is 0 Å². The maximum absolute atomic E-state index is 11.6. The Balaban J connectivity index is 2.43. The Morgan fingerprint density at radius 1 is 1.56 bits per heavy atom. The van der Waals surface area contributed by atoms with Crippen LogP contribution < -0.4 is 5.73 Å². The molecule has 2 N–H and O–H groups in total. The summed E-state index contributed by atoms with van der Waals surface area (Å²) >= 11 is 0. The van der Waals surface area contributed by atoms with Crippen LogP contribution in [0.15, 0.2) is 0 Å². The number of nitrogens with zero attached hydrogens (tertiary/aromatic N) is 1. The molecule has 1 rings (SSSR count). The average Bonchev–Trinajstić information content (AvgIpc) is 2.37. The first-order valence-corrected chi connectivity index (χ1v) is 6.40. The highest BCUT2D eigenvalue weighted by Gasteiger charge is 2.30. The number of hydrogen-bond acceptors (Lipinski definition) is 5. The van der Waals surface area contributed by atoms with Crippen molar-refractivity contribution in [2.24, 2.45) is 5.73 Å². The first kappa shape index (κ1) is 15.2. The molecule has 3 unspecified atom stereocenters. The van der Waals surface area contributed by atoms with E-state index in [0.29, 0.717) is 26.3 Å². The molecule has 0 spiro atoms. The van der Waals surface area contributed by atoms with E-state index < -0.39 is 0 Å². The van der Waals surface area contributed by atoms with Gasteiger partial charge in [0.1, 0.15) is 0 Å². The van der Waals surface area contributed by atoms with Gasteiger partial charge in [-0.2, -0.15) is 0 Å². The number of carbonyl (C=O) groups excluding carboxylic acids is 1. The molecule has 0 saturated carbocycles. The largest absolute Gasteiger partial charge is 0.450 e. The third-order valence-electron chi connectivity index (χ3n) is 3.08. The van der Waals surface area contributed by atoms with E-state index >= 15 is 0 Å².